The Morgan fingerprint density at radius 3 is 2.69 bits per heavy atom. The van der Waals surface area contributed by atoms with Gasteiger partial charge in [0.15, 0.2) is 0 Å². The maximum absolute atomic E-state index is 8.31. The number of azide groups is 1. The van der Waals surface area contributed by atoms with E-state index in [4.69, 9.17) is 5.53 Å². The van der Waals surface area contributed by atoms with Crippen molar-refractivity contribution in [1.82, 2.24) is 0 Å². The van der Waals surface area contributed by atoms with Gasteiger partial charge in [0.25, 0.3) is 0 Å². The van der Waals surface area contributed by atoms with Gasteiger partial charge in [-0.05, 0) is 23.4 Å². The summed E-state index contributed by atoms with van der Waals surface area (Å²) in [4.78, 5) is 2.73. The largest absolute Gasteiger partial charge is 0.210 e. The third-order valence-electron chi connectivity index (χ3n) is 1.50. The molecular formula is C9H10N4. The van der Waals surface area contributed by atoms with E-state index >= 15 is 0 Å². The molecule has 0 saturated carbocycles. The molecule has 0 spiro atoms. The van der Waals surface area contributed by atoms with Crippen LogP contribution >= 0.6 is 0 Å². The fourth-order valence-electron chi connectivity index (χ4n) is 0.964. The van der Waals surface area contributed by atoms with Gasteiger partial charge in [-0.1, -0.05) is 24.8 Å². The molecule has 0 unspecified atom stereocenters. The van der Waals surface area contributed by atoms with Gasteiger partial charge in [-0.15, -0.1) is 5.53 Å². The first kappa shape index (κ1) is 9.16. The molecular weight excluding hydrogens is 164 g/mol. The Labute approximate surface area is 76.7 Å². The van der Waals surface area contributed by atoms with Crippen LogP contribution in [0, 0.1) is 0 Å². The molecule has 1 aromatic rings. The molecule has 4 heteroatoms. The summed E-state index contributed by atoms with van der Waals surface area (Å²) >= 11 is 0. The Kier molecular flexibility index (Phi) is 3.42. The van der Waals surface area contributed by atoms with Crippen molar-refractivity contribution < 1.29 is 0 Å². The zero-order valence-corrected chi connectivity index (χ0v) is 7.17. The maximum Gasteiger partial charge on any atom is 0.131 e. The van der Waals surface area contributed by atoms with E-state index in [2.05, 4.69) is 16.7 Å². The molecule has 0 bridgehead atoms. The smallest absolute Gasteiger partial charge is 0.131 e. The first-order chi connectivity index (χ1) is 6.38. The van der Waals surface area contributed by atoms with Crippen LogP contribution in [0.25, 0.3) is 10.4 Å². The second-order valence-corrected chi connectivity index (χ2v) is 2.39. The Hall–Kier alpha value is -1.93. The van der Waals surface area contributed by atoms with E-state index in [1.165, 1.54) is 5.01 Å². The zero-order chi connectivity index (χ0) is 9.52. The Balaban J connectivity index is 2.87. The Bertz CT molecular complexity index is 314. The van der Waals surface area contributed by atoms with Gasteiger partial charge < -0.3 is 0 Å². The number of anilines is 1. The van der Waals surface area contributed by atoms with Gasteiger partial charge in [-0.2, -0.15) is 4.91 Å². The van der Waals surface area contributed by atoms with Gasteiger partial charge in [0, 0.05) is 0 Å². The summed E-state index contributed by atoms with van der Waals surface area (Å²) in [7, 11) is 0. The molecule has 0 aromatic heterocycles. The lowest BCUT2D eigenvalue weighted by Crippen LogP contribution is -2.14. The van der Waals surface area contributed by atoms with Crippen molar-refractivity contribution in [2.75, 3.05) is 11.6 Å². The molecule has 13 heavy (non-hydrogen) atoms. The summed E-state index contributed by atoms with van der Waals surface area (Å²) in [6, 6.07) is 9.43. The molecule has 0 fully saturated rings. The average Bonchev–Trinajstić information content (AvgIpc) is 2.19. The number of hydrogen-bond acceptors (Lipinski definition) is 1. The predicted molar refractivity (Wildman–Crippen MR) is 53.1 cm³/mol. The highest BCUT2D eigenvalue weighted by Crippen LogP contribution is 2.12. The van der Waals surface area contributed by atoms with Crippen LogP contribution in [0.4, 0.5) is 5.69 Å². The SMILES string of the molecule is C=CCN(N=[N+]=[N-])c1ccccc1. The molecule has 0 aliphatic rings. The molecule has 0 radical (unpaired) electrons. The van der Waals surface area contributed by atoms with Crippen molar-refractivity contribution in [2.24, 2.45) is 5.22 Å². The molecule has 0 aliphatic heterocycles. The lowest BCUT2D eigenvalue weighted by molar-refractivity contribution is 0.927. The Morgan fingerprint density at radius 1 is 1.46 bits per heavy atom. The molecule has 0 heterocycles. The number of nitrogens with zero attached hydrogens (tertiary/aromatic N) is 4. The van der Waals surface area contributed by atoms with Gasteiger partial charge >= 0.3 is 0 Å². The van der Waals surface area contributed by atoms with Crippen LogP contribution in [0.2, 0.25) is 0 Å². The molecule has 0 amide bonds. The Morgan fingerprint density at radius 2 is 2.15 bits per heavy atom. The summed E-state index contributed by atoms with van der Waals surface area (Å²) in [5.74, 6) is 0. The second kappa shape index (κ2) is 4.85. The minimum Gasteiger partial charge on any atom is -0.210 e. The highest BCUT2D eigenvalue weighted by molar-refractivity contribution is 5.45. The molecule has 1 aromatic carbocycles. The number of para-hydroxylation sites is 1. The van der Waals surface area contributed by atoms with Gasteiger partial charge in [0.1, 0.15) is 12.2 Å². The van der Waals surface area contributed by atoms with Crippen LogP contribution in [-0.4, -0.2) is 6.54 Å². The number of benzene rings is 1. The van der Waals surface area contributed by atoms with Crippen LogP contribution in [0.1, 0.15) is 0 Å². The monoisotopic (exact) mass is 174 g/mol. The van der Waals surface area contributed by atoms with Crippen molar-refractivity contribution in [3.8, 4) is 0 Å². The van der Waals surface area contributed by atoms with E-state index < -0.39 is 0 Å². The quantitative estimate of drug-likeness (QED) is 0.227. The van der Waals surface area contributed by atoms with Gasteiger partial charge in [0.2, 0.25) is 0 Å². The minimum atomic E-state index is 0.508. The van der Waals surface area contributed by atoms with Gasteiger partial charge in [0.05, 0.1) is 0 Å². The third kappa shape index (κ3) is 2.54. The van der Waals surface area contributed by atoms with Crippen molar-refractivity contribution in [3.63, 3.8) is 0 Å². The average molecular weight is 174 g/mol. The molecule has 0 aliphatic carbocycles. The maximum atomic E-state index is 8.31. The summed E-state index contributed by atoms with van der Waals surface area (Å²) in [5.41, 5.74) is 9.17. The van der Waals surface area contributed by atoms with E-state index in [1.807, 2.05) is 30.3 Å². The van der Waals surface area contributed by atoms with E-state index in [0.717, 1.165) is 5.69 Å². The number of hydrogen-bond donors (Lipinski definition) is 0. The van der Waals surface area contributed by atoms with Crippen LogP contribution < -0.4 is 5.01 Å². The normalized spacial score (nSPS) is 8.62. The van der Waals surface area contributed by atoms with Crippen LogP contribution in [0.5, 0.6) is 0 Å². The first-order valence-electron chi connectivity index (χ1n) is 3.87. The van der Waals surface area contributed by atoms with Gasteiger partial charge in [-0.3, -0.25) is 0 Å². The predicted octanol–water partition coefficient (Wildman–Crippen LogP) is 2.90. The summed E-state index contributed by atoms with van der Waals surface area (Å²) in [5, 5.41) is 5.06. The van der Waals surface area contributed by atoms with E-state index in [0.29, 0.717) is 6.54 Å². The standard InChI is InChI=1S/C9H10N4/c1-2-8-13(12-11-10)9-6-4-3-5-7-9/h2-7H,1,8H2. The molecule has 0 saturated heterocycles. The van der Waals surface area contributed by atoms with E-state index in [1.54, 1.807) is 6.08 Å². The van der Waals surface area contributed by atoms with Crippen LogP contribution in [0.15, 0.2) is 48.2 Å². The fraction of sp³-hybridized carbons (Fsp3) is 0.111. The lowest BCUT2D eigenvalue weighted by atomic mass is 10.3. The molecule has 66 valence electrons. The fourth-order valence-corrected chi connectivity index (χ4v) is 0.964. The second-order valence-electron chi connectivity index (χ2n) is 2.39. The van der Waals surface area contributed by atoms with Crippen molar-refractivity contribution in [2.45, 2.75) is 0 Å². The van der Waals surface area contributed by atoms with Gasteiger partial charge in [-0.25, -0.2) is 5.01 Å². The zero-order valence-electron chi connectivity index (χ0n) is 7.17. The molecule has 0 atom stereocenters. The van der Waals surface area contributed by atoms with Crippen molar-refractivity contribution in [3.05, 3.63) is 53.4 Å². The highest BCUT2D eigenvalue weighted by Gasteiger charge is 2.03. The van der Waals surface area contributed by atoms with E-state index in [-0.39, 0.29) is 0 Å². The topological polar surface area (TPSA) is 52.0 Å². The summed E-state index contributed by atoms with van der Waals surface area (Å²) in [6.45, 7) is 4.09. The van der Waals surface area contributed by atoms with Crippen molar-refractivity contribution >= 4 is 5.69 Å². The number of rotatable bonds is 4. The van der Waals surface area contributed by atoms with Crippen molar-refractivity contribution in [1.29, 1.82) is 0 Å². The summed E-state index contributed by atoms with van der Waals surface area (Å²) < 4.78 is 0. The van der Waals surface area contributed by atoms with E-state index in [9.17, 15) is 0 Å². The van der Waals surface area contributed by atoms with Crippen LogP contribution in [-0.2, 0) is 0 Å². The minimum absolute atomic E-state index is 0.508. The molecule has 0 N–H and O–H groups in total. The molecule has 1 rings (SSSR count). The molecule has 4 nitrogen and oxygen atoms in total. The van der Waals surface area contributed by atoms with Crippen LogP contribution in [0.3, 0.4) is 0 Å². The lowest BCUT2D eigenvalue weighted by Gasteiger charge is -2.09. The summed E-state index contributed by atoms with van der Waals surface area (Å²) in [6.07, 6.45) is 1.68. The third-order valence-corrected chi connectivity index (χ3v) is 1.50. The highest BCUT2D eigenvalue weighted by atomic mass is 15.5. The first-order valence-corrected chi connectivity index (χ1v) is 3.87.